The highest BCUT2D eigenvalue weighted by Crippen LogP contribution is 2.09. The van der Waals surface area contributed by atoms with Crippen molar-refractivity contribution in [2.45, 2.75) is 25.3 Å². The lowest BCUT2D eigenvalue weighted by Crippen LogP contribution is -3.61. The quantitative estimate of drug-likeness (QED) is 0.141. The first-order valence-electron chi connectivity index (χ1n) is 11.5. The number of hydrogen-bond acceptors (Lipinski definition) is 5. The summed E-state index contributed by atoms with van der Waals surface area (Å²) in [6.07, 6.45) is 0. The van der Waals surface area contributed by atoms with Crippen LogP contribution in [-0.4, -0.2) is 18.8 Å². The second kappa shape index (κ2) is 13.9. The van der Waals surface area contributed by atoms with Gasteiger partial charge in [-0.1, -0.05) is 96.6 Å². The van der Waals surface area contributed by atoms with Crippen LogP contribution in [0.2, 0.25) is 0 Å². The van der Waals surface area contributed by atoms with Gasteiger partial charge < -0.3 is 9.87 Å². The van der Waals surface area contributed by atoms with Crippen LogP contribution in [0, 0.1) is 10.5 Å². The molecule has 5 nitrogen and oxygen atoms in total. The third-order valence-corrected chi connectivity index (χ3v) is 9.24. The summed E-state index contributed by atoms with van der Waals surface area (Å²) in [7, 11) is -4.27. The SMILES string of the molecule is C/C(NCc1ccccc1)=C(\[I+]c1ccccc1)C(=O)c1ccccc1.Cc1ccc(S(=O)(=O)[O-])cc1. The highest BCUT2D eigenvalue weighted by molar-refractivity contribution is 7.85. The molecule has 0 fully saturated rings. The first-order chi connectivity index (χ1) is 17.7. The molecule has 0 bridgehead atoms. The van der Waals surface area contributed by atoms with Gasteiger partial charge in [0.05, 0.1) is 10.6 Å². The fourth-order valence-electron chi connectivity index (χ4n) is 3.20. The number of allylic oxidation sites excluding steroid dienone is 2. The molecule has 4 rings (SSSR count). The lowest BCUT2D eigenvalue weighted by molar-refractivity contribution is -0.570. The maximum absolute atomic E-state index is 13.1. The van der Waals surface area contributed by atoms with Gasteiger partial charge >= 0.3 is 21.2 Å². The van der Waals surface area contributed by atoms with Gasteiger partial charge in [-0.2, -0.15) is 0 Å². The van der Waals surface area contributed by atoms with Crippen molar-refractivity contribution in [1.82, 2.24) is 5.32 Å². The van der Waals surface area contributed by atoms with E-state index in [1.54, 1.807) is 12.1 Å². The summed E-state index contributed by atoms with van der Waals surface area (Å²) in [6, 6.07) is 35.9. The molecule has 0 aliphatic rings. The van der Waals surface area contributed by atoms with E-state index in [0.717, 1.165) is 26.9 Å². The number of carbonyl (C=O) groups excluding carboxylic acids is 1. The minimum Gasteiger partial charge on any atom is -0.744 e. The van der Waals surface area contributed by atoms with Crippen molar-refractivity contribution < 1.29 is 39.0 Å². The third kappa shape index (κ3) is 9.27. The van der Waals surface area contributed by atoms with E-state index in [1.165, 1.54) is 21.3 Å². The van der Waals surface area contributed by atoms with Crippen LogP contribution in [0.15, 0.2) is 129 Å². The molecule has 0 aromatic heterocycles. The van der Waals surface area contributed by atoms with E-state index >= 15 is 0 Å². The normalized spacial score (nSPS) is 11.5. The Morgan fingerprint density at radius 3 is 1.84 bits per heavy atom. The minimum atomic E-state index is -4.27. The monoisotopic (exact) mass is 625 g/mol. The van der Waals surface area contributed by atoms with Gasteiger partial charge in [0.25, 0.3) is 3.58 Å². The van der Waals surface area contributed by atoms with Crippen LogP contribution in [0.3, 0.4) is 0 Å². The molecule has 37 heavy (non-hydrogen) atoms. The molecule has 4 aromatic rings. The Morgan fingerprint density at radius 1 is 0.784 bits per heavy atom. The van der Waals surface area contributed by atoms with Gasteiger partial charge in [-0.25, -0.2) is 8.42 Å². The Balaban J connectivity index is 0.000000289. The summed E-state index contributed by atoms with van der Waals surface area (Å²) in [4.78, 5) is 13.0. The molecule has 7 heteroatoms. The molecule has 1 N–H and O–H groups in total. The van der Waals surface area contributed by atoms with Crippen molar-refractivity contribution in [2.24, 2.45) is 0 Å². The number of hydrogen-bond donors (Lipinski definition) is 1. The largest absolute Gasteiger partial charge is 0.744 e. The van der Waals surface area contributed by atoms with Crippen LogP contribution in [0.1, 0.15) is 28.4 Å². The predicted octanol–water partition coefficient (Wildman–Crippen LogP) is 2.75. The van der Waals surface area contributed by atoms with Crippen LogP contribution >= 0.6 is 0 Å². The molecule has 190 valence electrons. The number of halogens is 1. The van der Waals surface area contributed by atoms with Gasteiger partial charge in [0.1, 0.15) is 10.1 Å². The van der Waals surface area contributed by atoms with E-state index in [2.05, 4.69) is 29.6 Å². The van der Waals surface area contributed by atoms with E-state index in [4.69, 9.17) is 0 Å². The highest BCUT2D eigenvalue weighted by atomic mass is 127. The zero-order valence-corrected chi connectivity index (χ0v) is 23.6. The predicted molar refractivity (Wildman–Crippen MR) is 141 cm³/mol. The average molecular weight is 626 g/mol. The van der Waals surface area contributed by atoms with Crippen molar-refractivity contribution in [3.8, 4) is 0 Å². The van der Waals surface area contributed by atoms with Crippen LogP contribution in [0.4, 0.5) is 0 Å². The Bertz CT molecular complexity index is 1420. The number of ketones is 1. The molecular formula is C30H28INO4S. The zero-order chi connectivity index (χ0) is 26.7. The molecule has 0 atom stereocenters. The van der Waals surface area contributed by atoms with Gasteiger partial charge in [-0.3, -0.25) is 4.79 Å². The summed E-state index contributed by atoms with van der Waals surface area (Å²) in [5.41, 5.74) is 3.85. The Kier molecular flexibility index (Phi) is 10.6. The second-order valence-electron chi connectivity index (χ2n) is 8.13. The van der Waals surface area contributed by atoms with Gasteiger partial charge in [0.2, 0.25) is 5.78 Å². The highest BCUT2D eigenvalue weighted by Gasteiger charge is 2.30. The Labute approximate surface area is 229 Å². The number of rotatable bonds is 8. The van der Waals surface area contributed by atoms with E-state index in [9.17, 15) is 17.8 Å². The maximum atomic E-state index is 13.1. The van der Waals surface area contributed by atoms with Crippen LogP contribution in [0.5, 0.6) is 0 Å². The maximum Gasteiger partial charge on any atom is 0.364 e. The topological polar surface area (TPSA) is 86.3 Å². The molecule has 0 saturated heterocycles. The lowest BCUT2D eigenvalue weighted by Gasteiger charge is -2.07. The first-order valence-corrected chi connectivity index (χ1v) is 15.1. The summed E-state index contributed by atoms with van der Waals surface area (Å²) < 4.78 is 33.3. The van der Waals surface area contributed by atoms with Gasteiger partial charge in [-0.05, 0) is 43.7 Å². The number of carbonyl (C=O) groups is 1. The number of benzene rings is 4. The van der Waals surface area contributed by atoms with Crippen molar-refractivity contribution in [3.63, 3.8) is 0 Å². The van der Waals surface area contributed by atoms with E-state index in [0.29, 0.717) is 0 Å². The summed E-state index contributed by atoms with van der Waals surface area (Å²) in [5.74, 6) is 0.125. The van der Waals surface area contributed by atoms with Crippen LogP contribution in [-0.2, 0) is 16.7 Å². The zero-order valence-electron chi connectivity index (χ0n) is 20.6. The van der Waals surface area contributed by atoms with Gasteiger partial charge in [0, 0.05) is 12.1 Å². The molecule has 0 spiro atoms. The molecule has 4 aromatic carbocycles. The number of Topliss-reactive ketones (excluding diaryl/α,β-unsaturated/α-hetero) is 1. The number of nitrogens with one attached hydrogen (secondary N) is 1. The number of aryl methyl sites for hydroxylation is 1. The molecule has 0 aliphatic heterocycles. The van der Waals surface area contributed by atoms with E-state index in [1.807, 2.05) is 80.6 Å². The third-order valence-electron chi connectivity index (χ3n) is 5.21. The van der Waals surface area contributed by atoms with Gasteiger partial charge in [-0.15, -0.1) is 0 Å². The van der Waals surface area contributed by atoms with E-state index < -0.39 is 31.3 Å². The summed E-state index contributed by atoms with van der Waals surface area (Å²) >= 11 is -0.560. The molecule has 0 aliphatic carbocycles. The fourth-order valence-corrected chi connectivity index (χ4v) is 6.22. The molecule has 0 amide bonds. The van der Waals surface area contributed by atoms with Crippen molar-refractivity contribution in [2.75, 3.05) is 0 Å². The second-order valence-corrected chi connectivity index (χ2v) is 12.4. The molecular weight excluding hydrogens is 597 g/mol. The standard InChI is InChI=1S/C23H20INO.C7H8O3S/c1-18(25-17-19-11-5-2-6-12-19)22(24-21-15-9-4-10-16-21)23(26)20-13-7-3-8-14-20;1-6-2-4-7(5-3-6)11(8,9)10/h2-16H,17H2,1H3;2-5H,1H3,(H,8,9,10). The van der Waals surface area contributed by atoms with Crippen molar-refractivity contribution in [3.05, 3.63) is 145 Å². The van der Waals surface area contributed by atoms with Crippen LogP contribution in [0.25, 0.3) is 0 Å². The van der Waals surface area contributed by atoms with Gasteiger partial charge in [0.15, 0.2) is 3.57 Å². The van der Waals surface area contributed by atoms with Crippen LogP contribution < -0.4 is 26.5 Å². The van der Waals surface area contributed by atoms with E-state index in [-0.39, 0.29) is 10.7 Å². The minimum absolute atomic E-state index is 0.125. The molecule has 0 radical (unpaired) electrons. The average Bonchev–Trinajstić information content (AvgIpc) is 2.92. The molecule has 0 unspecified atom stereocenters. The molecule has 0 heterocycles. The first kappa shape index (κ1) is 28.3. The fraction of sp³-hybridized carbons (Fsp3) is 0.100. The molecule has 0 saturated carbocycles. The summed E-state index contributed by atoms with van der Waals surface area (Å²) in [6.45, 7) is 4.56. The van der Waals surface area contributed by atoms with Crippen molar-refractivity contribution in [1.29, 1.82) is 0 Å². The Morgan fingerprint density at radius 2 is 1.30 bits per heavy atom. The lowest BCUT2D eigenvalue weighted by atomic mass is 10.1. The van der Waals surface area contributed by atoms with Crippen molar-refractivity contribution >= 4 is 15.9 Å². The summed E-state index contributed by atoms with van der Waals surface area (Å²) in [5, 5.41) is 3.46. The Hall–Kier alpha value is -3.27. The smallest absolute Gasteiger partial charge is 0.364 e.